The Labute approximate surface area is 131 Å². The molecule has 0 saturated heterocycles. The van der Waals surface area contributed by atoms with Crippen LogP contribution in [0.15, 0.2) is 39.8 Å². The average molecular weight is 314 g/mol. The largest absolute Gasteiger partial charge is 0.384 e. The standard InChI is InChI=1S/C15H15N5OS/c1-20-5-6-22(2)15-13(20)4-3-10(14(15)21)9-19-12(8-17)11(18)7-16/h3-4,9H,5-6,18H2,1-2H3/p+1/b12-11-,19-9?. The van der Waals surface area contributed by atoms with Crippen molar-refractivity contribution < 1.29 is 10.1 Å². The van der Waals surface area contributed by atoms with Gasteiger partial charge in [0.05, 0.1) is 10.6 Å². The van der Waals surface area contributed by atoms with Gasteiger partial charge in [0.15, 0.2) is 11.4 Å². The number of nitrogens with one attached hydrogen (secondary N) is 1. The van der Waals surface area contributed by atoms with Crippen LogP contribution in [0.1, 0.15) is 0 Å². The van der Waals surface area contributed by atoms with Crippen LogP contribution >= 0.6 is 10.5 Å². The number of rotatable bonds is 2. The van der Waals surface area contributed by atoms with E-state index in [2.05, 4.69) is 16.1 Å². The van der Waals surface area contributed by atoms with Gasteiger partial charge in [-0.1, -0.05) is 5.26 Å². The van der Waals surface area contributed by atoms with Gasteiger partial charge in [0, 0.05) is 31.1 Å². The monoisotopic (exact) mass is 314 g/mol. The van der Waals surface area contributed by atoms with Gasteiger partial charge in [-0.25, -0.2) is 4.99 Å². The van der Waals surface area contributed by atoms with Crippen molar-refractivity contribution in [1.29, 1.82) is 5.26 Å². The third-order valence-corrected chi connectivity index (χ3v) is 5.33. The van der Waals surface area contributed by atoms with E-state index in [0.717, 1.165) is 22.9 Å². The molecule has 1 aliphatic carbocycles. The number of carbonyl (C=O) groups is 1. The number of carbonyl (C=O) groups excluding carboxylic acids is 1. The minimum atomic E-state index is -0.154. The topological polar surface area (TPSA) is 106 Å². The lowest BCUT2D eigenvalue weighted by Gasteiger charge is -2.32. The average Bonchev–Trinajstić information content (AvgIpc) is 2.52. The quantitative estimate of drug-likeness (QED) is 0.385. The molecule has 2 aliphatic rings. The van der Waals surface area contributed by atoms with Crippen molar-refractivity contribution in [2.75, 3.05) is 25.6 Å². The number of nitriles is 1. The van der Waals surface area contributed by atoms with Crippen LogP contribution in [0, 0.1) is 17.4 Å². The summed E-state index contributed by atoms with van der Waals surface area (Å²) < 4.78 is 0. The van der Waals surface area contributed by atoms with Crippen LogP contribution in [-0.4, -0.2) is 47.4 Å². The second-order valence-electron chi connectivity index (χ2n) is 4.85. The number of hydrogen-bond donors (Lipinski definition) is 2. The minimum absolute atomic E-state index is 0.0617. The van der Waals surface area contributed by atoms with Gasteiger partial charge in [0.25, 0.3) is 0 Å². The summed E-state index contributed by atoms with van der Waals surface area (Å²) in [5.74, 6) is 0.895. The molecule has 0 amide bonds. The summed E-state index contributed by atoms with van der Waals surface area (Å²) in [4.78, 5) is 19.4. The summed E-state index contributed by atoms with van der Waals surface area (Å²) in [7, 11) is 1.88. The van der Waals surface area contributed by atoms with Crippen LogP contribution in [0.25, 0.3) is 0 Å². The predicted molar refractivity (Wildman–Crippen MR) is 87.4 cm³/mol. The molecule has 1 aliphatic heterocycles. The Balaban J connectivity index is 2.40. The molecule has 3 N–H and O–H groups in total. The van der Waals surface area contributed by atoms with E-state index in [1.807, 2.05) is 19.2 Å². The van der Waals surface area contributed by atoms with Crippen LogP contribution in [0.3, 0.4) is 0 Å². The highest BCUT2D eigenvalue weighted by Crippen LogP contribution is 2.27. The molecule has 112 valence electrons. The van der Waals surface area contributed by atoms with Gasteiger partial charge < -0.3 is 10.6 Å². The van der Waals surface area contributed by atoms with Crippen LogP contribution in [0.5, 0.6) is 0 Å². The smallest absolute Gasteiger partial charge is 0.329 e. The number of allylic oxidation sites excluding steroid dienone is 6. The molecule has 7 heteroatoms. The van der Waals surface area contributed by atoms with Crippen molar-refractivity contribution in [3.8, 4) is 12.1 Å². The number of nitrogens with zero attached hydrogens (tertiary/aromatic N) is 3. The van der Waals surface area contributed by atoms with Gasteiger partial charge in [0.2, 0.25) is 5.78 Å². The number of hydrogen-bond acceptors (Lipinski definition) is 5. The number of Topliss-reactive ketones (excluding diaryl/α,β-unsaturated/α-hetero) is 1. The third-order valence-electron chi connectivity index (χ3n) is 3.44. The number of ketones is 1. The Morgan fingerprint density at radius 1 is 1.59 bits per heavy atom. The predicted octanol–water partition coefficient (Wildman–Crippen LogP) is -1.07. The molecule has 0 aromatic carbocycles. The highest BCUT2D eigenvalue weighted by Gasteiger charge is 2.28. The molecule has 0 fully saturated rings. The summed E-state index contributed by atoms with van der Waals surface area (Å²) in [5.41, 5.74) is 6.54. The Hall–Kier alpha value is -2.64. The molecule has 0 radical (unpaired) electrons. The fourth-order valence-electron chi connectivity index (χ4n) is 2.15. The lowest BCUT2D eigenvalue weighted by atomic mass is 10.0. The Bertz CT molecular complexity index is 771. The van der Waals surface area contributed by atoms with E-state index in [1.54, 1.807) is 12.1 Å². The van der Waals surface area contributed by atoms with Gasteiger partial charge in [-0.05, 0) is 18.4 Å². The molecule has 0 bridgehead atoms. The molecule has 22 heavy (non-hydrogen) atoms. The maximum absolute atomic E-state index is 12.6. The zero-order valence-electron chi connectivity index (χ0n) is 12.4. The highest BCUT2D eigenvalue weighted by atomic mass is 32.2. The van der Waals surface area contributed by atoms with E-state index in [0.29, 0.717) is 5.57 Å². The van der Waals surface area contributed by atoms with E-state index in [-0.39, 0.29) is 27.7 Å². The van der Waals surface area contributed by atoms with Crippen LogP contribution in [0.4, 0.5) is 0 Å². The lowest BCUT2D eigenvalue weighted by molar-refractivity contribution is -0.109. The third kappa shape index (κ3) is 2.85. The van der Waals surface area contributed by atoms with Crippen LogP contribution < -0.4 is 11.0 Å². The second kappa shape index (κ2) is 6.42. The highest BCUT2D eigenvalue weighted by molar-refractivity contribution is 8.16. The van der Waals surface area contributed by atoms with Gasteiger partial charge >= 0.3 is 6.07 Å². The zero-order chi connectivity index (χ0) is 16.3. The van der Waals surface area contributed by atoms with Crippen molar-refractivity contribution >= 4 is 27.3 Å². The zero-order valence-corrected chi connectivity index (χ0v) is 13.2. The van der Waals surface area contributed by atoms with Gasteiger partial charge in [-0.3, -0.25) is 4.79 Å². The summed E-state index contributed by atoms with van der Waals surface area (Å²) >= 11 is 0. The molecule has 1 unspecified atom stereocenters. The Kier molecular flexibility index (Phi) is 4.59. The Morgan fingerprint density at radius 3 is 2.95 bits per heavy atom. The molecule has 0 aromatic heterocycles. The molecule has 0 spiro atoms. The van der Waals surface area contributed by atoms with Crippen LogP contribution in [-0.2, 0) is 4.79 Å². The van der Waals surface area contributed by atoms with E-state index in [4.69, 9.17) is 16.3 Å². The van der Waals surface area contributed by atoms with E-state index >= 15 is 0 Å². The van der Waals surface area contributed by atoms with Crippen molar-refractivity contribution in [1.82, 2.24) is 4.90 Å². The maximum atomic E-state index is 12.6. The molecule has 1 atom stereocenters. The first-order valence-electron chi connectivity index (χ1n) is 6.54. The number of fused-ring (bicyclic) bond motifs is 1. The lowest BCUT2D eigenvalue weighted by Crippen LogP contribution is -2.37. The van der Waals surface area contributed by atoms with Gasteiger partial charge in [-0.15, -0.1) is 0 Å². The van der Waals surface area contributed by atoms with E-state index in [1.165, 1.54) is 6.21 Å². The molecular weight excluding hydrogens is 298 g/mol. The number of aliphatic imine (C=N–C) groups is 1. The summed E-state index contributed by atoms with van der Waals surface area (Å²) in [5, 5.41) is 15.9. The second-order valence-corrected chi connectivity index (χ2v) is 6.94. The summed E-state index contributed by atoms with van der Waals surface area (Å²) in [6.07, 6.45) is 7.00. The summed E-state index contributed by atoms with van der Waals surface area (Å²) in [6, 6.07) is 3.70. The Morgan fingerprint density at radius 2 is 2.32 bits per heavy atom. The van der Waals surface area contributed by atoms with Crippen LogP contribution in [0.2, 0.25) is 0 Å². The molecule has 6 nitrogen and oxygen atoms in total. The van der Waals surface area contributed by atoms with E-state index < -0.39 is 0 Å². The molecule has 2 rings (SSSR count). The van der Waals surface area contributed by atoms with Crippen molar-refractivity contribution in [3.63, 3.8) is 0 Å². The van der Waals surface area contributed by atoms with Gasteiger partial charge in [-0.2, -0.15) is 15.7 Å². The van der Waals surface area contributed by atoms with Gasteiger partial charge in [0.1, 0.15) is 6.07 Å². The maximum Gasteiger partial charge on any atom is 0.329 e. The van der Waals surface area contributed by atoms with Crippen molar-refractivity contribution in [2.45, 2.75) is 0 Å². The first-order chi connectivity index (χ1) is 10.5. The first-order valence-corrected chi connectivity index (χ1v) is 8.34. The van der Waals surface area contributed by atoms with Crippen molar-refractivity contribution in [2.24, 2.45) is 10.7 Å². The first kappa shape index (κ1) is 15.7. The fourth-order valence-corrected chi connectivity index (χ4v) is 3.92. The molecular formula is C15H16N5OS+. The van der Waals surface area contributed by atoms with E-state index in [9.17, 15) is 4.79 Å². The number of nitrogens with two attached hydrogens (primary N) is 1. The fraction of sp³-hybridized carbons (Fsp3) is 0.267. The summed E-state index contributed by atoms with van der Waals surface area (Å²) in [6.45, 7) is 0.937. The SMILES string of the molecule is CN1CCS(C)=C2C(=O)C(C=N/C(C#N)=C(\N)C#[NH+])=CC=C21. The molecule has 0 aromatic rings. The normalized spacial score (nSPS) is 22.4. The molecule has 1 heterocycles. The van der Waals surface area contributed by atoms with Crippen molar-refractivity contribution in [3.05, 3.63) is 34.8 Å². The minimum Gasteiger partial charge on any atom is -0.384 e. The molecule has 0 saturated carbocycles.